The minimum atomic E-state index is 0.176. The number of hydrogen-bond acceptors (Lipinski definition) is 2. The molecule has 1 fully saturated rings. The first-order chi connectivity index (χ1) is 7.76. The highest BCUT2D eigenvalue weighted by Crippen LogP contribution is 2.47. The van der Waals surface area contributed by atoms with Crippen LogP contribution in [0.15, 0.2) is 12.2 Å². The molecule has 3 heteroatoms. The van der Waals surface area contributed by atoms with Gasteiger partial charge in [0.25, 0.3) is 0 Å². The van der Waals surface area contributed by atoms with Gasteiger partial charge in [0.15, 0.2) is 0 Å². The number of nitrogens with one attached hydrogen (secondary N) is 1. The fourth-order valence-corrected chi connectivity index (χ4v) is 2.38. The monoisotopic (exact) mass is 223 g/mol. The van der Waals surface area contributed by atoms with E-state index in [-0.39, 0.29) is 23.8 Å². The van der Waals surface area contributed by atoms with E-state index >= 15 is 0 Å². The second-order valence-corrected chi connectivity index (χ2v) is 5.17. The van der Waals surface area contributed by atoms with Crippen LogP contribution in [0.2, 0.25) is 0 Å². The average molecular weight is 223 g/mol. The molecule has 1 unspecified atom stereocenters. The summed E-state index contributed by atoms with van der Waals surface area (Å²) in [4.78, 5) is 11.9. The molecule has 2 aliphatic rings. The van der Waals surface area contributed by atoms with E-state index < -0.39 is 0 Å². The van der Waals surface area contributed by atoms with Crippen LogP contribution in [0.3, 0.4) is 0 Å². The average Bonchev–Trinajstić information content (AvgIpc) is 3.08. The van der Waals surface area contributed by atoms with E-state index in [0.717, 1.165) is 45.1 Å². The Morgan fingerprint density at radius 2 is 2.25 bits per heavy atom. The molecule has 0 saturated heterocycles. The third-order valence-corrected chi connectivity index (χ3v) is 3.88. The fourth-order valence-electron chi connectivity index (χ4n) is 2.38. The Kier molecular flexibility index (Phi) is 3.64. The predicted octanol–water partition coefficient (Wildman–Crippen LogP) is 1.62. The second kappa shape index (κ2) is 5.00. The zero-order chi connectivity index (χ0) is 11.4. The molecule has 0 aromatic heterocycles. The summed E-state index contributed by atoms with van der Waals surface area (Å²) in [7, 11) is 0. The summed E-state index contributed by atoms with van der Waals surface area (Å²) in [5, 5.41) is 12.0. The zero-order valence-electron chi connectivity index (χ0n) is 9.74. The van der Waals surface area contributed by atoms with Crippen molar-refractivity contribution in [3.8, 4) is 0 Å². The van der Waals surface area contributed by atoms with Crippen molar-refractivity contribution >= 4 is 5.91 Å². The number of allylic oxidation sites excluding steroid dienone is 2. The number of amides is 1. The SMILES string of the molecule is O=C(NCC1(CCO)CC1)C1CC=CCC1. The molecule has 1 amide bonds. The van der Waals surface area contributed by atoms with Crippen molar-refractivity contribution in [2.24, 2.45) is 11.3 Å². The van der Waals surface area contributed by atoms with E-state index in [4.69, 9.17) is 5.11 Å². The van der Waals surface area contributed by atoms with E-state index in [0.29, 0.717) is 0 Å². The summed E-state index contributed by atoms with van der Waals surface area (Å²) in [6, 6.07) is 0. The van der Waals surface area contributed by atoms with Crippen LogP contribution in [-0.2, 0) is 4.79 Å². The topological polar surface area (TPSA) is 49.3 Å². The minimum Gasteiger partial charge on any atom is -0.396 e. The van der Waals surface area contributed by atoms with Gasteiger partial charge >= 0.3 is 0 Å². The standard InChI is InChI=1S/C13H21NO2/c15-9-8-13(6-7-13)10-14-12(16)11-4-2-1-3-5-11/h1-2,11,15H,3-10H2,(H,14,16). The maximum atomic E-state index is 11.9. The molecule has 1 saturated carbocycles. The van der Waals surface area contributed by atoms with Crippen molar-refractivity contribution in [1.29, 1.82) is 0 Å². The number of carbonyl (C=O) groups excluding carboxylic acids is 1. The molecule has 0 aliphatic heterocycles. The van der Waals surface area contributed by atoms with Gasteiger partial charge in [0.2, 0.25) is 5.91 Å². The van der Waals surface area contributed by atoms with Gasteiger partial charge in [-0.05, 0) is 43.9 Å². The van der Waals surface area contributed by atoms with Crippen molar-refractivity contribution in [2.75, 3.05) is 13.2 Å². The van der Waals surface area contributed by atoms with Gasteiger partial charge in [0.1, 0.15) is 0 Å². The van der Waals surface area contributed by atoms with Gasteiger partial charge in [-0.3, -0.25) is 4.79 Å². The van der Waals surface area contributed by atoms with E-state index in [2.05, 4.69) is 17.5 Å². The second-order valence-electron chi connectivity index (χ2n) is 5.17. The van der Waals surface area contributed by atoms with E-state index in [1.165, 1.54) is 0 Å². The Bertz CT molecular complexity index is 282. The normalized spacial score (nSPS) is 26.4. The van der Waals surface area contributed by atoms with Gasteiger partial charge in [-0.2, -0.15) is 0 Å². The van der Waals surface area contributed by atoms with Crippen molar-refractivity contribution in [3.05, 3.63) is 12.2 Å². The lowest BCUT2D eigenvalue weighted by atomic mass is 9.93. The number of aliphatic hydroxyl groups excluding tert-OH is 1. The molecule has 90 valence electrons. The van der Waals surface area contributed by atoms with Crippen LogP contribution in [0.4, 0.5) is 0 Å². The Labute approximate surface area is 96.9 Å². The molecular formula is C13H21NO2. The van der Waals surface area contributed by atoms with Crippen LogP contribution in [-0.4, -0.2) is 24.2 Å². The molecule has 2 rings (SSSR count). The molecule has 0 heterocycles. The van der Waals surface area contributed by atoms with Crippen LogP contribution in [0.1, 0.15) is 38.5 Å². The van der Waals surface area contributed by atoms with E-state index in [1.807, 2.05) is 0 Å². The van der Waals surface area contributed by atoms with Crippen LogP contribution in [0, 0.1) is 11.3 Å². The van der Waals surface area contributed by atoms with Crippen LogP contribution >= 0.6 is 0 Å². The number of carbonyl (C=O) groups is 1. The summed E-state index contributed by atoms with van der Waals surface area (Å²) in [6.07, 6.45) is 10.3. The molecule has 1 atom stereocenters. The fraction of sp³-hybridized carbons (Fsp3) is 0.769. The van der Waals surface area contributed by atoms with Gasteiger partial charge in [0, 0.05) is 19.1 Å². The van der Waals surface area contributed by atoms with E-state index in [9.17, 15) is 4.79 Å². The molecule has 2 aliphatic carbocycles. The maximum absolute atomic E-state index is 11.9. The third-order valence-electron chi connectivity index (χ3n) is 3.88. The summed E-state index contributed by atoms with van der Waals surface area (Å²) in [5.41, 5.74) is 0.231. The Morgan fingerprint density at radius 3 is 2.81 bits per heavy atom. The van der Waals surface area contributed by atoms with Gasteiger partial charge in [-0.1, -0.05) is 12.2 Å². The van der Waals surface area contributed by atoms with Gasteiger partial charge in [-0.15, -0.1) is 0 Å². The summed E-state index contributed by atoms with van der Waals surface area (Å²) >= 11 is 0. The highest BCUT2D eigenvalue weighted by molar-refractivity contribution is 5.79. The summed E-state index contributed by atoms with van der Waals surface area (Å²) in [6.45, 7) is 0.995. The molecule has 3 nitrogen and oxygen atoms in total. The summed E-state index contributed by atoms with van der Waals surface area (Å²) < 4.78 is 0. The number of aliphatic hydroxyl groups is 1. The summed E-state index contributed by atoms with van der Waals surface area (Å²) in [5.74, 6) is 0.378. The first-order valence-electron chi connectivity index (χ1n) is 6.29. The quantitative estimate of drug-likeness (QED) is 0.696. The number of hydrogen-bond donors (Lipinski definition) is 2. The Balaban J connectivity index is 1.73. The molecule has 0 bridgehead atoms. The molecule has 0 aromatic carbocycles. The first-order valence-corrected chi connectivity index (χ1v) is 6.29. The molecule has 16 heavy (non-hydrogen) atoms. The molecule has 0 aromatic rings. The maximum Gasteiger partial charge on any atom is 0.223 e. The molecule has 2 N–H and O–H groups in total. The number of rotatable bonds is 5. The van der Waals surface area contributed by atoms with Crippen LogP contribution in [0.25, 0.3) is 0 Å². The lowest BCUT2D eigenvalue weighted by Crippen LogP contribution is -2.35. The first kappa shape index (κ1) is 11.6. The largest absolute Gasteiger partial charge is 0.396 e. The Morgan fingerprint density at radius 1 is 1.44 bits per heavy atom. The van der Waals surface area contributed by atoms with Crippen LogP contribution in [0.5, 0.6) is 0 Å². The Hall–Kier alpha value is -0.830. The molecule has 0 radical (unpaired) electrons. The van der Waals surface area contributed by atoms with Gasteiger partial charge < -0.3 is 10.4 Å². The highest BCUT2D eigenvalue weighted by atomic mass is 16.3. The van der Waals surface area contributed by atoms with Crippen molar-refractivity contribution < 1.29 is 9.90 Å². The van der Waals surface area contributed by atoms with E-state index in [1.54, 1.807) is 0 Å². The zero-order valence-corrected chi connectivity index (χ0v) is 9.74. The lowest BCUT2D eigenvalue weighted by molar-refractivity contribution is -0.125. The predicted molar refractivity (Wildman–Crippen MR) is 62.9 cm³/mol. The molecular weight excluding hydrogens is 202 g/mol. The minimum absolute atomic E-state index is 0.176. The lowest BCUT2D eigenvalue weighted by Gasteiger charge is -2.20. The smallest absolute Gasteiger partial charge is 0.223 e. The van der Waals surface area contributed by atoms with Gasteiger partial charge in [-0.25, -0.2) is 0 Å². The van der Waals surface area contributed by atoms with Crippen molar-refractivity contribution in [1.82, 2.24) is 5.32 Å². The van der Waals surface area contributed by atoms with Crippen molar-refractivity contribution in [3.63, 3.8) is 0 Å². The third kappa shape index (κ3) is 2.85. The van der Waals surface area contributed by atoms with Crippen molar-refractivity contribution in [2.45, 2.75) is 38.5 Å². The van der Waals surface area contributed by atoms with Crippen LogP contribution < -0.4 is 5.32 Å². The highest BCUT2D eigenvalue weighted by Gasteiger charge is 2.42. The van der Waals surface area contributed by atoms with Gasteiger partial charge in [0.05, 0.1) is 0 Å². The molecule has 0 spiro atoms.